The summed E-state index contributed by atoms with van der Waals surface area (Å²) in [5.74, 6) is 0.421. The molecule has 0 aromatic carbocycles. The summed E-state index contributed by atoms with van der Waals surface area (Å²) in [5.41, 5.74) is 5.41. The molecule has 0 aromatic heterocycles. The van der Waals surface area contributed by atoms with Crippen LogP contribution in [0.4, 0.5) is 0 Å². The molecule has 1 saturated carbocycles. The van der Waals surface area contributed by atoms with Crippen molar-refractivity contribution >= 4 is 10.2 Å². The molecule has 2 atom stereocenters. The van der Waals surface area contributed by atoms with Crippen LogP contribution in [-0.4, -0.2) is 38.9 Å². The summed E-state index contributed by atoms with van der Waals surface area (Å²) in [7, 11) is -1.74. The third-order valence-corrected chi connectivity index (χ3v) is 5.35. The lowest BCUT2D eigenvalue weighted by molar-refractivity contribution is 0.379. The minimum absolute atomic E-state index is 0.0813. The monoisotopic (exact) mass is 277 g/mol. The van der Waals surface area contributed by atoms with E-state index in [9.17, 15) is 8.42 Å². The molecular weight excluding hydrogens is 250 g/mol. The molecule has 1 fully saturated rings. The number of hydrogen-bond donors (Lipinski definition) is 2. The van der Waals surface area contributed by atoms with Gasteiger partial charge in [-0.3, -0.25) is 0 Å². The lowest BCUT2D eigenvalue weighted by Crippen LogP contribution is -2.46. The molecule has 0 saturated heterocycles. The van der Waals surface area contributed by atoms with E-state index in [-0.39, 0.29) is 6.04 Å². The van der Waals surface area contributed by atoms with Crippen LogP contribution in [0.1, 0.15) is 45.4 Å². The zero-order valence-electron chi connectivity index (χ0n) is 11.6. The van der Waals surface area contributed by atoms with Crippen molar-refractivity contribution in [3.63, 3.8) is 0 Å². The van der Waals surface area contributed by atoms with Crippen molar-refractivity contribution in [2.75, 3.05) is 20.1 Å². The van der Waals surface area contributed by atoms with Crippen molar-refractivity contribution in [2.45, 2.75) is 51.5 Å². The van der Waals surface area contributed by atoms with Crippen LogP contribution >= 0.6 is 0 Å². The van der Waals surface area contributed by atoms with Crippen LogP contribution < -0.4 is 10.5 Å². The maximum Gasteiger partial charge on any atom is 0.279 e. The van der Waals surface area contributed by atoms with Crippen molar-refractivity contribution < 1.29 is 8.42 Å². The molecule has 0 bridgehead atoms. The summed E-state index contributed by atoms with van der Waals surface area (Å²) in [6.45, 7) is 3.13. The van der Waals surface area contributed by atoms with Gasteiger partial charge in [0.1, 0.15) is 0 Å². The molecule has 1 aliphatic rings. The summed E-state index contributed by atoms with van der Waals surface area (Å²) in [6.07, 6.45) is 6.29. The number of rotatable bonds is 6. The van der Waals surface area contributed by atoms with Crippen molar-refractivity contribution in [1.29, 1.82) is 0 Å². The van der Waals surface area contributed by atoms with E-state index in [2.05, 4.69) is 11.6 Å². The number of nitrogens with two attached hydrogens (primary N) is 1. The topological polar surface area (TPSA) is 75.4 Å². The summed E-state index contributed by atoms with van der Waals surface area (Å²) in [6, 6.07) is 0.0813. The predicted molar refractivity (Wildman–Crippen MR) is 74.4 cm³/mol. The lowest BCUT2D eigenvalue weighted by atomic mass is 9.98. The molecule has 6 heteroatoms. The maximum absolute atomic E-state index is 12.1. The van der Waals surface area contributed by atoms with Gasteiger partial charge in [-0.05, 0) is 31.7 Å². The van der Waals surface area contributed by atoms with Gasteiger partial charge in [-0.25, -0.2) is 0 Å². The highest BCUT2D eigenvalue weighted by atomic mass is 32.2. The molecule has 1 rings (SSSR count). The molecule has 0 spiro atoms. The average Bonchev–Trinajstić information content (AvgIpc) is 2.51. The van der Waals surface area contributed by atoms with Crippen molar-refractivity contribution in [3.05, 3.63) is 0 Å². The molecule has 108 valence electrons. The van der Waals surface area contributed by atoms with Gasteiger partial charge in [0.25, 0.3) is 10.2 Å². The van der Waals surface area contributed by atoms with Crippen LogP contribution in [0.3, 0.4) is 0 Å². The molecule has 0 radical (unpaired) electrons. The fraction of sp³-hybridized carbons (Fsp3) is 1.00. The normalized spacial score (nSPS) is 26.2. The number of hydrogen-bond acceptors (Lipinski definition) is 3. The van der Waals surface area contributed by atoms with Crippen molar-refractivity contribution in [1.82, 2.24) is 9.03 Å². The highest BCUT2D eigenvalue weighted by molar-refractivity contribution is 7.87. The fourth-order valence-corrected chi connectivity index (χ4v) is 3.67. The second-order valence-corrected chi connectivity index (χ2v) is 7.12. The van der Waals surface area contributed by atoms with Gasteiger partial charge in [0, 0.05) is 19.6 Å². The molecular formula is C12H27N3O2S. The van der Waals surface area contributed by atoms with Gasteiger partial charge < -0.3 is 5.73 Å². The Balaban J connectivity index is 2.57. The molecule has 0 aliphatic heterocycles. The van der Waals surface area contributed by atoms with E-state index in [1.54, 1.807) is 7.05 Å². The van der Waals surface area contributed by atoms with E-state index < -0.39 is 10.2 Å². The Labute approximate surface area is 111 Å². The Morgan fingerprint density at radius 3 is 2.61 bits per heavy atom. The van der Waals surface area contributed by atoms with E-state index >= 15 is 0 Å². The van der Waals surface area contributed by atoms with Gasteiger partial charge in [0.05, 0.1) is 0 Å². The van der Waals surface area contributed by atoms with E-state index in [0.717, 1.165) is 19.3 Å². The zero-order chi connectivity index (χ0) is 13.6. The van der Waals surface area contributed by atoms with Gasteiger partial charge in [-0.15, -0.1) is 0 Å². The highest BCUT2D eigenvalue weighted by Gasteiger charge is 2.26. The fourth-order valence-electron chi connectivity index (χ4n) is 2.38. The first-order chi connectivity index (χ1) is 8.47. The molecule has 18 heavy (non-hydrogen) atoms. The molecule has 5 nitrogen and oxygen atoms in total. The molecule has 1 aliphatic carbocycles. The average molecular weight is 277 g/mol. The number of nitrogens with one attached hydrogen (secondary N) is 1. The van der Waals surface area contributed by atoms with Crippen molar-refractivity contribution in [3.8, 4) is 0 Å². The Bertz CT molecular complexity index is 332. The first-order valence-electron chi connectivity index (χ1n) is 6.91. The SMILES string of the molecule is CC1CCCCCC1NS(=O)(=O)N(C)CCCN. The standard InChI is InChI=1S/C12H27N3O2S/c1-11-7-4-3-5-8-12(11)14-18(16,17)15(2)10-6-9-13/h11-12,14H,3-10,13H2,1-2H3. The summed E-state index contributed by atoms with van der Waals surface area (Å²) < 4.78 is 28.5. The second kappa shape index (κ2) is 7.43. The van der Waals surface area contributed by atoms with Gasteiger partial charge in [-0.2, -0.15) is 17.4 Å². The van der Waals surface area contributed by atoms with Gasteiger partial charge in [-0.1, -0.05) is 26.2 Å². The summed E-state index contributed by atoms with van der Waals surface area (Å²) in [4.78, 5) is 0. The van der Waals surface area contributed by atoms with Crippen LogP contribution in [0.15, 0.2) is 0 Å². The molecule has 3 N–H and O–H groups in total. The third-order valence-electron chi connectivity index (χ3n) is 3.75. The first kappa shape index (κ1) is 15.9. The molecule has 2 unspecified atom stereocenters. The highest BCUT2D eigenvalue weighted by Crippen LogP contribution is 2.23. The summed E-state index contributed by atoms with van der Waals surface area (Å²) >= 11 is 0. The molecule has 0 amide bonds. The van der Waals surface area contributed by atoms with E-state index in [1.165, 1.54) is 17.1 Å². The van der Waals surface area contributed by atoms with Gasteiger partial charge in [0.15, 0.2) is 0 Å². The van der Waals surface area contributed by atoms with Crippen molar-refractivity contribution in [2.24, 2.45) is 11.7 Å². The van der Waals surface area contributed by atoms with Crippen LogP contribution in [0.2, 0.25) is 0 Å². The van der Waals surface area contributed by atoms with E-state index in [1.807, 2.05) is 0 Å². The first-order valence-corrected chi connectivity index (χ1v) is 8.35. The van der Waals surface area contributed by atoms with Crippen LogP contribution in [0, 0.1) is 5.92 Å². The summed E-state index contributed by atoms with van der Waals surface area (Å²) in [5, 5.41) is 0. The molecule has 0 heterocycles. The zero-order valence-corrected chi connectivity index (χ0v) is 12.4. The van der Waals surface area contributed by atoms with Gasteiger partial charge >= 0.3 is 0 Å². The van der Waals surface area contributed by atoms with Crippen LogP contribution in [0.5, 0.6) is 0 Å². The van der Waals surface area contributed by atoms with E-state index in [4.69, 9.17) is 5.73 Å². The largest absolute Gasteiger partial charge is 0.330 e. The Kier molecular flexibility index (Phi) is 6.55. The minimum Gasteiger partial charge on any atom is -0.330 e. The molecule has 0 aromatic rings. The van der Waals surface area contributed by atoms with Gasteiger partial charge in [0.2, 0.25) is 0 Å². The second-order valence-electron chi connectivity index (χ2n) is 5.31. The van der Waals surface area contributed by atoms with Crippen LogP contribution in [0.25, 0.3) is 0 Å². The van der Waals surface area contributed by atoms with E-state index in [0.29, 0.717) is 25.4 Å². The third kappa shape index (κ3) is 4.84. The smallest absolute Gasteiger partial charge is 0.279 e. The quantitative estimate of drug-likeness (QED) is 0.713. The minimum atomic E-state index is -3.35. The predicted octanol–water partition coefficient (Wildman–Crippen LogP) is 1.07. The maximum atomic E-state index is 12.1. The Morgan fingerprint density at radius 1 is 1.28 bits per heavy atom. The lowest BCUT2D eigenvalue weighted by Gasteiger charge is -2.26. The number of nitrogens with zero attached hydrogens (tertiary/aromatic N) is 1. The Morgan fingerprint density at radius 2 is 1.94 bits per heavy atom. The Hall–Kier alpha value is -0.170. The van der Waals surface area contributed by atoms with Crippen LogP contribution in [-0.2, 0) is 10.2 Å².